The van der Waals surface area contributed by atoms with Gasteiger partial charge in [-0.15, -0.1) is 0 Å². The van der Waals surface area contributed by atoms with Crippen molar-refractivity contribution >= 4 is 5.69 Å². The zero-order chi connectivity index (χ0) is 15.2. The number of rotatable bonds is 6. The van der Waals surface area contributed by atoms with E-state index in [9.17, 15) is 0 Å². The molecule has 2 rings (SSSR count). The average Bonchev–Trinajstić information content (AvgIpc) is 2.46. The van der Waals surface area contributed by atoms with Crippen LogP contribution in [0.15, 0.2) is 42.5 Å². The number of hydrogen-bond acceptors (Lipinski definition) is 1. The van der Waals surface area contributed by atoms with Crippen LogP contribution in [0.1, 0.15) is 54.5 Å². The van der Waals surface area contributed by atoms with Crippen molar-refractivity contribution < 1.29 is 0 Å². The lowest BCUT2D eigenvalue weighted by molar-refractivity contribution is 0.633. The second-order valence-electron chi connectivity index (χ2n) is 6.02. The Bertz CT molecular complexity index is 549. The quantitative estimate of drug-likeness (QED) is 0.689. The van der Waals surface area contributed by atoms with Crippen LogP contribution in [0.4, 0.5) is 5.69 Å². The minimum Gasteiger partial charge on any atom is -0.378 e. The molecule has 0 aliphatic heterocycles. The van der Waals surface area contributed by atoms with Crippen molar-refractivity contribution in [2.24, 2.45) is 0 Å². The highest BCUT2D eigenvalue weighted by Gasteiger charge is 2.13. The maximum Gasteiger partial charge on any atom is 0.0514 e. The SMILES string of the molecule is CCCCC(Nc1c(C)cc(C)cc1C)c1ccccc1. The van der Waals surface area contributed by atoms with E-state index < -0.39 is 0 Å². The Kier molecular flexibility index (Phi) is 5.44. The Morgan fingerprint density at radius 2 is 1.57 bits per heavy atom. The van der Waals surface area contributed by atoms with E-state index in [1.165, 1.54) is 47.2 Å². The Morgan fingerprint density at radius 1 is 0.952 bits per heavy atom. The van der Waals surface area contributed by atoms with Crippen molar-refractivity contribution in [1.82, 2.24) is 0 Å². The van der Waals surface area contributed by atoms with Gasteiger partial charge in [0, 0.05) is 5.69 Å². The zero-order valence-electron chi connectivity index (χ0n) is 13.7. The molecule has 0 heterocycles. The summed E-state index contributed by atoms with van der Waals surface area (Å²) >= 11 is 0. The lowest BCUT2D eigenvalue weighted by Gasteiger charge is -2.23. The molecule has 21 heavy (non-hydrogen) atoms. The fourth-order valence-electron chi connectivity index (χ4n) is 3.00. The molecule has 1 atom stereocenters. The normalized spacial score (nSPS) is 12.2. The molecule has 1 heteroatoms. The van der Waals surface area contributed by atoms with Crippen molar-refractivity contribution in [2.45, 2.75) is 53.0 Å². The average molecular weight is 281 g/mol. The van der Waals surface area contributed by atoms with Gasteiger partial charge in [0.2, 0.25) is 0 Å². The zero-order valence-corrected chi connectivity index (χ0v) is 13.7. The second kappa shape index (κ2) is 7.31. The van der Waals surface area contributed by atoms with E-state index in [1.54, 1.807) is 0 Å². The number of aryl methyl sites for hydroxylation is 3. The minimum atomic E-state index is 0.395. The van der Waals surface area contributed by atoms with Gasteiger partial charge in [-0.2, -0.15) is 0 Å². The molecule has 1 unspecified atom stereocenters. The summed E-state index contributed by atoms with van der Waals surface area (Å²) in [7, 11) is 0. The predicted molar refractivity (Wildman–Crippen MR) is 93.0 cm³/mol. The number of benzene rings is 2. The molecule has 2 aromatic rings. The third-order valence-corrected chi connectivity index (χ3v) is 4.04. The first kappa shape index (κ1) is 15.6. The summed E-state index contributed by atoms with van der Waals surface area (Å²) < 4.78 is 0. The van der Waals surface area contributed by atoms with Gasteiger partial charge in [-0.25, -0.2) is 0 Å². The van der Waals surface area contributed by atoms with Crippen LogP contribution in [-0.2, 0) is 0 Å². The van der Waals surface area contributed by atoms with Gasteiger partial charge in [0.15, 0.2) is 0 Å². The summed E-state index contributed by atoms with van der Waals surface area (Å²) in [5, 5.41) is 3.79. The summed E-state index contributed by atoms with van der Waals surface area (Å²) in [4.78, 5) is 0. The van der Waals surface area contributed by atoms with Crippen molar-refractivity contribution in [3.8, 4) is 0 Å². The van der Waals surface area contributed by atoms with Crippen molar-refractivity contribution in [3.05, 3.63) is 64.7 Å². The highest BCUT2D eigenvalue weighted by atomic mass is 14.9. The van der Waals surface area contributed by atoms with Crippen LogP contribution in [0.3, 0.4) is 0 Å². The summed E-state index contributed by atoms with van der Waals surface area (Å²) in [6, 6.07) is 15.7. The third-order valence-electron chi connectivity index (χ3n) is 4.04. The van der Waals surface area contributed by atoms with E-state index in [2.05, 4.69) is 75.5 Å². The van der Waals surface area contributed by atoms with E-state index in [4.69, 9.17) is 0 Å². The minimum absolute atomic E-state index is 0.395. The Morgan fingerprint density at radius 3 is 2.14 bits per heavy atom. The van der Waals surface area contributed by atoms with Gasteiger partial charge in [0.25, 0.3) is 0 Å². The summed E-state index contributed by atoms with van der Waals surface area (Å²) in [6.45, 7) is 8.81. The number of nitrogens with one attached hydrogen (secondary N) is 1. The van der Waals surface area contributed by atoms with Gasteiger partial charge in [-0.1, -0.05) is 67.8 Å². The molecule has 0 bridgehead atoms. The molecule has 112 valence electrons. The lowest BCUT2D eigenvalue weighted by Crippen LogP contribution is -2.12. The van der Waals surface area contributed by atoms with Crippen LogP contribution in [-0.4, -0.2) is 0 Å². The van der Waals surface area contributed by atoms with Crippen molar-refractivity contribution in [3.63, 3.8) is 0 Å². The first-order valence-electron chi connectivity index (χ1n) is 8.01. The maximum atomic E-state index is 3.79. The molecule has 2 aromatic carbocycles. The first-order chi connectivity index (χ1) is 10.1. The van der Waals surface area contributed by atoms with Crippen molar-refractivity contribution in [2.75, 3.05) is 5.32 Å². The molecule has 1 nitrogen and oxygen atoms in total. The van der Waals surface area contributed by atoms with E-state index in [0.29, 0.717) is 6.04 Å². The first-order valence-corrected chi connectivity index (χ1v) is 8.01. The predicted octanol–water partition coefficient (Wildman–Crippen LogP) is 5.96. The molecular formula is C20H27N. The monoisotopic (exact) mass is 281 g/mol. The van der Waals surface area contributed by atoms with Crippen LogP contribution in [0.2, 0.25) is 0 Å². The standard InChI is InChI=1S/C20H27N/c1-5-6-12-19(18-10-8-7-9-11-18)21-20-16(3)13-15(2)14-17(20)4/h7-11,13-14,19,21H,5-6,12H2,1-4H3. The van der Waals surface area contributed by atoms with Crippen LogP contribution >= 0.6 is 0 Å². The number of hydrogen-bond donors (Lipinski definition) is 1. The molecular weight excluding hydrogens is 254 g/mol. The fraction of sp³-hybridized carbons (Fsp3) is 0.400. The highest BCUT2D eigenvalue weighted by molar-refractivity contribution is 5.59. The van der Waals surface area contributed by atoms with Crippen LogP contribution in [0.5, 0.6) is 0 Å². The summed E-state index contributed by atoms with van der Waals surface area (Å²) in [5.74, 6) is 0. The van der Waals surface area contributed by atoms with Gasteiger partial charge in [0.1, 0.15) is 0 Å². The molecule has 0 saturated carbocycles. The van der Waals surface area contributed by atoms with E-state index in [0.717, 1.165) is 0 Å². The highest BCUT2D eigenvalue weighted by Crippen LogP contribution is 2.29. The van der Waals surface area contributed by atoms with Gasteiger partial charge in [0.05, 0.1) is 6.04 Å². The molecule has 0 radical (unpaired) electrons. The fourth-order valence-corrected chi connectivity index (χ4v) is 3.00. The second-order valence-corrected chi connectivity index (χ2v) is 6.02. The smallest absolute Gasteiger partial charge is 0.0514 e. The molecule has 0 aromatic heterocycles. The van der Waals surface area contributed by atoms with Crippen LogP contribution < -0.4 is 5.32 Å². The molecule has 0 fully saturated rings. The van der Waals surface area contributed by atoms with Gasteiger partial charge < -0.3 is 5.32 Å². The van der Waals surface area contributed by atoms with E-state index in [1.807, 2.05) is 0 Å². The van der Waals surface area contributed by atoms with Gasteiger partial charge in [-0.05, 0) is 43.9 Å². The van der Waals surface area contributed by atoms with Gasteiger partial charge >= 0.3 is 0 Å². The number of unbranched alkanes of at least 4 members (excludes halogenated alkanes) is 1. The van der Waals surface area contributed by atoms with Crippen molar-refractivity contribution in [1.29, 1.82) is 0 Å². The van der Waals surface area contributed by atoms with Crippen LogP contribution in [0, 0.1) is 20.8 Å². The van der Waals surface area contributed by atoms with Gasteiger partial charge in [-0.3, -0.25) is 0 Å². The Labute approximate surface area is 129 Å². The lowest BCUT2D eigenvalue weighted by atomic mass is 9.98. The molecule has 0 spiro atoms. The Hall–Kier alpha value is -1.76. The molecule has 0 aliphatic carbocycles. The number of anilines is 1. The van der Waals surface area contributed by atoms with E-state index >= 15 is 0 Å². The summed E-state index contributed by atoms with van der Waals surface area (Å²) in [5.41, 5.74) is 6.69. The third kappa shape index (κ3) is 4.10. The Balaban J connectivity index is 2.27. The topological polar surface area (TPSA) is 12.0 Å². The molecule has 0 amide bonds. The molecule has 0 aliphatic rings. The summed E-state index contributed by atoms with van der Waals surface area (Å²) in [6.07, 6.45) is 3.65. The largest absolute Gasteiger partial charge is 0.378 e. The molecule has 0 saturated heterocycles. The molecule has 1 N–H and O–H groups in total. The maximum absolute atomic E-state index is 3.79. The van der Waals surface area contributed by atoms with E-state index in [-0.39, 0.29) is 0 Å². The van der Waals surface area contributed by atoms with Crippen LogP contribution in [0.25, 0.3) is 0 Å².